The Bertz CT molecular complexity index is 2960. The number of carbonyl (C=O) groups excluding carboxylic acids is 3. The molecule has 0 aliphatic heterocycles. The Morgan fingerprint density at radius 1 is 0.606 bits per heavy atom. The predicted octanol–water partition coefficient (Wildman–Crippen LogP) is 11.3. The molecule has 0 fully saturated rings. The average molecular weight is 1170 g/mol. The van der Waals surface area contributed by atoms with E-state index in [0.29, 0.717) is 27.9 Å². The summed E-state index contributed by atoms with van der Waals surface area (Å²) < 4.78 is 16.7. The lowest BCUT2D eigenvalue weighted by Gasteiger charge is -2.16. The molecule has 71 heavy (non-hydrogen) atoms. The predicted molar refractivity (Wildman–Crippen MR) is 297 cm³/mol. The second-order valence-electron chi connectivity index (χ2n) is 14.5. The molecule has 21 heteroatoms. The standard InChI is InChI=1S/C19H18N2O2S.C12H11BrN2O2S.C8H11NO.C7H9BO2.C4HBrClNOS/c1-13-6-4-7-14(10-13)18-20-12-17(24-18)19(22)21(2)15-8-5-9-16(11-15)23-3;1-15(8-4-3-5-9(6-8)17-2)11(16)10-7-14-12(13)18-10;1-9-7-4-3-5-8(6-7)10-2;1-6-3-2-4-7(5-6)8(9)10;5-4-7-1-2(9-4)3(6)8/h4-12H,1-3H3;3-7H,1-2H3;3-6,9H,1-2H3;2-5,9-10H,1H3;1H. The summed E-state index contributed by atoms with van der Waals surface area (Å²) >= 11 is 15.4. The molecule has 0 spiro atoms. The minimum atomic E-state index is -1.35. The topological polar surface area (TPSA) is 177 Å². The number of nitrogens with one attached hydrogen (secondary N) is 1. The number of hydrogen-bond donors (Lipinski definition) is 3. The summed E-state index contributed by atoms with van der Waals surface area (Å²) in [6, 6.07) is 37.8. The zero-order chi connectivity index (χ0) is 52.0. The van der Waals surface area contributed by atoms with Crippen LogP contribution in [-0.2, 0) is 0 Å². The number of nitrogens with zero attached hydrogens (tertiary/aromatic N) is 5. The number of hydrogen-bond acceptors (Lipinski definition) is 15. The van der Waals surface area contributed by atoms with Crippen molar-refractivity contribution < 1.29 is 38.6 Å². The van der Waals surface area contributed by atoms with E-state index in [1.54, 1.807) is 75.8 Å². The van der Waals surface area contributed by atoms with Crippen LogP contribution in [0.25, 0.3) is 10.6 Å². The van der Waals surface area contributed by atoms with Crippen LogP contribution >= 0.6 is 77.5 Å². The van der Waals surface area contributed by atoms with Gasteiger partial charge < -0.3 is 39.4 Å². The summed E-state index contributed by atoms with van der Waals surface area (Å²) in [4.78, 5) is 52.3. The fraction of sp³-hybridized carbons (Fsp3) is 0.160. The van der Waals surface area contributed by atoms with Crippen molar-refractivity contribution in [2.24, 2.45) is 0 Å². The van der Waals surface area contributed by atoms with Crippen molar-refractivity contribution in [2.75, 3.05) is 57.6 Å². The number of rotatable bonds is 11. The Labute approximate surface area is 447 Å². The maximum Gasteiger partial charge on any atom is 0.488 e. The Balaban J connectivity index is 0.000000205. The van der Waals surface area contributed by atoms with E-state index in [2.05, 4.69) is 58.2 Å². The molecule has 5 aromatic carbocycles. The van der Waals surface area contributed by atoms with E-state index < -0.39 is 12.4 Å². The largest absolute Gasteiger partial charge is 0.497 e. The van der Waals surface area contributed by atoms with Gasteiger partial charge in [-0.3, -0.25) is 14.4 Å². The van der Waals surface area contributed by atoms with E-state index in [4.69, 9.17) is 35.9 Å². The Morgan fingerprint density at radius 3 is 1.48 bits per heavy atom. The average Bonchev–Trinajstić information content (AvgIpc) is 4.18. The van der Waals surface area contributed by atoms with Crippen LogP contribution in [0.4, 0.5) is 17.1 Å². The lowest BCUT2D eigenvalue weighted by atomic mass is 9.80. The molecule has 0 atom stereocenters. The molecule has 3 aromatic heterocycles. The molecule has 0 saturated carbocycles. The lowest BCUT2D eigenvalue weighted by Crippen LogP contribution is -2.29. The van der Waals surface area contributed by atoms with Crippen molar-refractivity contribution in [1.29, 1.82) is 0 Å². The Hall–Kier alpha value is -5.97. The number of methoxy groups -OCH3 is 3. The van der Waals surface area contributed by atoms with Crippen LogP contribution < -0.4 is 34.8 Å². The molecule has 8 rings (SSSR count). The van der Waals surface area contributed by atoms with Crippen molar-refractivity contribution in [3.05, 3.63) is 174 Å². The molecule has 8 aromatic rings. The molecule has 370 valence electrons. The molecule has 0 aliphatic rings. The molecular weight excluding hydrogens is 1110 g/mol. The molecule has 0 aliphatic carbocycles. The van der Waals surface area contributed by atoms with Gasteiger partial charge in [-0.15, -0.1) is 34.0 Å². The SMILES string of the molecule is CNc1cccc(OC)c1.COc1cccc(N(C)C(=O)c2cnc(-c3cccc(C)c3)s2)c1.COc1cccc(N(C)C(=O)c2cnc(Br)s2)c1.Cc1cccc(B(O)O)c1.O=C(Cl)c1cnc(Br)s1. The highest BCUT2D eigenvalue weighted by Crippen LogP contribution is 2.29. The van der Waals surface area contributed by atoms with Crippen LogP contribution in [0.3, 0.4) is 0 Å². The highest BCUT2D eigenvalue weighted by Gasteiger charge is 2.19. The number of aryl methyl sites for hydroxylation is 2. The fourth-order valence-electron chi connectivity index (χ4n) is 5.79. The highest BCUT2D eigenvalue weighted by molar-refractivity contribution is 9.11. The molecule has 14 nitrogen and oxygen atoms in total. The first kappa shape index (κ1) is 57.6. The van der Waals surface area contributed by atoms with Gasteiger partial charge >= 0.3 is 7.12 Å². The zero-order valence-corrected chi connectivity index (χ0v) is 46.2. The van der Waals surface area contributed by atoms with E-state index in [1.807, 2.05) is 118 Å². The second-order valence-corrected chi connectivity index (χ2v) is 20.5. The third-order valence-corrected chi connectivity index (χ3v) is 13.8. The fourth-order valence-corrected chi connectivity index (χ4v) is 9.19. The van der Waals surface area contributed by atoms with Crippen LogP contribution in [0, 0.1) is 13.8 Å². The van der Waals surface area contributed by atoms with Gasteiger partial charge in [-0.2, -0.15) is 0 Å². The molecule has 3 heterocycles. The summed E-state index contributed by atoms with van der Waals surface area (Å²) in [5.74, 6) is 2.15. The quantitative estimate of drug-likeness (QED) is 0.0826. The zero-order valence-electron chi connectivity index (χ0n) is 39.8. The number of benzene rings is 5. The molecule has 0 radical (unpaired) electrons. The van der Waals surface area contributed by atoms with Crippen molar-refractivity contribution in [2.45, 2.75) is 13.8 Å². The minimum absolute atomic E-state index is 0.0837. The van der Waals surface area contributed by atoms with Crippen molar-refractivity contribution >= 4 is 124 Å². The van der Waals surface area contributed by atoms with Gasteiger partial charge in [0, 0.05) is 62.0 Å². The van der Waals surface area contributed by atoms with Crippen LogP contribution in [0.5, 0.6) is 17.2 Å². The maximum atomic E-state index is 12.7. The van der Waals surface area contributed by atoms with Gasteiger partial charge in [-0.25, -0.2) is 15.0 Å². The van der Waals surface area contributed by atoms with E-state index in [0.717, 1.165) is 50.4 Å². The molecule has 2 amide bonds. The van der Waals surface area contributed by atoms with Gasteiger partial charge in [0.25, 0.3) is 17.1 Å². The van der Waals surface area contributed by atoms with Crippen LogP contribution in [-0.4, -0.2) is 91.6 Å². The molecular formula is C50H50BBr2ClN6O8S3. The normalized spacial score (nSPS) is 9.93. The van der Waals surface area contributed by atoms with E-state index in [9.17, 15) is 14.4 Å². The maximum absolute atomic E-state index is 12.7. The minimum Gasteiger partial charge on any atom is -0.497 e. The first-order valence-electron chi connectivity index (χ1n) is 21.0. The molecule has 0 unspecified atom stereocenters. The van der Waals surface area contributed by atoms with E-state index in [1.165, 1.54) is 45.8 Å². The summed E-state index contributed by atoms with van der Waals surface area (Å²) in [5, 5.41) is 20.8. The number of halogens is 3. The van der Waals surface area contributed by atoms with Gasteiger partial charge in [-0.1, -0.05) is 71.8 Å². The van der Waals surface area contributed by atoms with Gasteiger partial charge in [0.1, 0.15) is 36.9 Å². The number of carbonyl (C=O) groups is 3. The lowest BCUT2D eigenvalue weighted by molar-refractivity contribution is 0.0989. The Morgan fingerprint density at radius 2 is 1.06 bits per heavy atom. The third kappa shape index (κ3) is 18.6. The summed E-state index contributed by atoms with van der Waals surface area (Å²) in [7, 11) is 8.89. The van der Waals surface area contributed by atoms with Crippen molar-refractivity contribution in [3.8, 4) is 27.8 Å². The van der Waals surface area contributed by atoms with E-state index in [-0.39, 0.29) is 11.8 Å². The summed E-state index contributed by atoms with van der Waals surface area (Å²) in [6.07, 6.45) is 4.64. The van der Waals surface area contributed by atoms with E-state index >= 15 is 0 Å². The number of amides is 2. The van der Waals surface area contributed by atoms with Crippen LogP contribution in [0.1, 0.15) is 40.1 Å². The van der Waals surface area contributed by atoms with Crippen LogP contribution in [0.15, 0.2) is 148 Å². The van der Waals surface area contributed by atoms with Gasteiger partial charge in [0.2, 0.25) is 0 Å². The first-order chi connectivity index (χ1) is 34.0. The van der Waals surface area contributed by atoms with Crippen molar-refractivity contribution in [3.63, 3.8) is 0 Å². The molecule has 3 N–H and O–H groups in total. The van der Waals surface area contributed by atoms with Gasteiger partial charge in [0.15, 0.2) is 7.83 Å². The number of anilines is 3. The first-order valence-corrected chi connectivity index (χ1v) is 25.4. The number of thiazole rings is 3. The third-order valence-electron chi connectivity index (χ3n) is 9.53. The van der Waals surface area contributed by atoms with Gasteiger partial charge in [0.05, 0.1) is 39.9 Å². The second kappa shape index (κ2) is 29.4. The smallest absolute Gasteiger partial charge is 0.488 e. The monoisotopic (exact) mass is 1160 g/mol. The number of aromatic nitrogens is 3. The Kier molecular flexibility index (Phi) is 23.9. The van der Waals surface area contributed by atoms with Gasteiger partial charge in [-0.05, 0) is 105 Å². The van der Waals surface area contributed by atoms with Crippen LogP contribution in [0.2, 0.25) is 0 Å². The van der Waals surface area contributed by atoms with Crippen molar-refractivity contribution in [1.82, 2.24) is 15.0 Å². The highest BCUT2D eigenvalue weighted by atomic mass is 79.9. The summed E-state index contributed by atoms with van der Waals surface area (Å²) in [6.45, 7) is 3.95. The number of ether oxygens (including phenoxy) is 3. The molecule has 0 saturated heterocycles. The molecule has 0 bridgehead atoms. The summed E-state index contributed by atoms with van der Waals surface area (Å²) in [5.41, 5.74) is 6.41.